The van der Waals surface area contributed by atoms with Gasteiger partial charge >= 0.3 is 0 Å². The second kappa shape index (κ2) is 9.26. The first-order valence-electron chi connectivity index (χ1n) is 4.05. The second-order valence-corrected chi connectivity index (χ2v) is 2.82. The third kappa shape index (κ3) is 8.27. The Balaban J connectivity index is 2.97. The highest BCUT2D eigenvalue weighted by molar-refractivity contribution is 6.17. The maximum absolute atomic E-state index is 5.41. The smallest absolute Gasteiger partial charge is 0.0781 e. The van der Waals surface area contributed by atoms with Crippen molar-refractivity contribution in [1.29, 1.82) is 0 Å². The second-order valence-electron chi connectivity index (χ2n) is 2.44. The topological polar surface area (TPSA) is 27.7 Å². The molecule has 0 amide bonds. The molecule has 0 aromatic heterocycles. The van der Waals surface area contributed by atoms with Gasteiger partial charge in [0, 0.05) is 13.0 Å². The van der Waals surface area contributed by atoms with Gasteiger partial charge in [-0.1, -0.05) is 0 Å². The normalized spacial score (nSPS) is 13.2. The average Bonchev–Trinajstić information content (AvgIpc) is 2.05. The van der Waals surface area contributed by atoms with Crippen LogP contribution in [0.1, 0.15) is 6.92 Å². The van der Waals surface area contributed by atoms with E-state index in [9.17, 15) is 0 Å². The average molecular weight is 197 g/mol. The van der Waals surface area contributed by atoms with E-state index in [0.717, 1.165) is 0 Å². The summed E-state index contributed by atoms with van der Waals surface area (Å²) in [5, 5.41) is 0. The number of ether oxygens (including phenoxy) is 3. The van der Waals surface area contributed by atoms with Gasteiger partial charge in [0.05, 0.1) is 32.5 Å². The molecule has 0 saturated heterocycles. The van der Waals surface area contributed by atoms with Crippen LogP contribution in [-0.2, 0) is 14.2 Å². The molecule has 0 fully saturated rings. The first kappa shape index (κ1) is 12.2. The van der Waals surface area contributed by atoms with Gasteiger partial charge in [0.15, 0.2) is 0 Å². The van der Waals surface area contributed by atoms with Gasteiger partial charge in [0.1, 0.15) is 0 Å². The minimum atomic E-state index is 0.134. The van der Waals surface area contributed by atoms with Gasteiger partial charge in [-0.25, -0.2) is 0 Å². The molecule has 0 aliphatic heterocycles. The summed E-state index contributed by atoms with van der Waals surface area (Å²) in [4.78, 5) is 0. The molecule has 74 valence electrons. The Hall–Kier alpha value is 0.170. The first-order valence-corrected chi connectivity index (χ1v) is 4.59. The Morgan fingerprint density at radius 2 is 2.00 bits per heavy atom. The van der Waals surface area contributed by atoms with Crippen LogP contribution in [0.2, 0.25) is 0 Å². The fraction of sp³-hybridized carbons (Fsp3) is 1.00. The van der Waals surface area contributed by atoms with E-state index in [-0.39, 0.29) is 6.10 Å². The number of rotatable bonds is 8. The predicted molar refractivity (Wildman–Crippen MR) is 48.8 cm³/mol. The van der Waals surface area contributed by atoms with Crippen LogP contribution < -0.4 is 0 Å². The van der Waals surface area contributed by atoms with Crippen molar-refractivity contribution in [3.63, 3.8) is 0 Å². The quantitative estimate of drug-likeness (QED) is 0.433. The summed E-state index contributed by atoms with van der Waals surface area (Å²) >= 11 is 5.41. The molecule has 1 unspecified atom stereocenters. The van der Waals surface area contributed by atoms with Crippen LogP contribution in [0, 0.1) is 0 Å². The summed E-state index contributed by atoms with van der Waals surface area (Å²) in [6, 6.07) is 0. The molecule has 0 bridgehead atoms. The molecule has 1 atom stereocenters. The molecule has 3 nitrogen and oxygen atoms in total. The zero-order valence-corrected chi connectivity index (χ0v) is 8.47. The molecule has 12 heavy (non-hydrogen) atoms. The first-order chi connectivity index (χ1) is 5.81. The summed E-state index contributed by atoms with van der Waals surface area (Å²) in [5.41, 5.74) is 0. The summed E-state index contributed by atoms with van der Waals surface area (Å²) in [6.07, 6.45) is 0.134. The lowest BCUT2D eigenvalue weighted by atomic mass is 10.4. The number of halogens is 1. The van der Waals surface area contributed by atoms with Gasteiger partial charge in [0.2, 0.25) is 0 Å². The third-order valence-electron chi connectivity index (χ3n) is 1.25. The molecule has 0 spiro atoms. The van der Waals surface area contributed by atoms with Gasteiger partial charge in [-0.15, -0.1) is 11.6 Å². The summed E-state index contributed by atoms with van der Waals surface area (Å²) < 4.78 is 15.3. The number of alkyl halides is 1. The molecular weight excluding hydrogens is 180 g/mol. The van der Waals surface area contributed by atoms with Crippen molar-refractivity contribution in [3.8, 4) is 0 Å². The minimum absolute atomic E-state index is 0.134. The van der Waals surface area contributed by atoms with Crippen LogP contribution in [0.25, 0.3) is 0 Å². The van der Waals surface area contributed by atoms with Gasteiger partial charge < -0.3 is 14.2 Å². The van der Waals surface area contributed by atoms with Crippen LogP contribution >= 0.6 is 11.6 Å². The fourth-order valence-corrected chi connectivity index (χ4v) is 0.857. The Morgan fingerprint density at radius 3 is 2.58 bits per heavy atom. The van der Waals surface area contributed by atoms with Gasteiger partial charge in [-0.2, -0.15) is 0 Å². The zero-order valence-electron chi connectivity index (χ0n) is 7.72. The van der Waals surface area contributed by atoms with Crippen molar-refractivity contribution in [1.82, 2.24) is 0 Å². The van der Waals surface area contributed by atoms with Crippen LogP contribution in [0.15, 0.2) is 0 Å². The number of hydrogen-bond acceptors (Lipinski definition) is 3. The van der Waals surface area contributed by atoms with Gasteiger partial charge in [0.25, 0.3) is 0 Å². The molecule has 0 saturated carbocycles. The highest BCUT2D eigenvalue weighted by Gasteiger charge is 1.99. The minimum Gasteiger partial charge on any atom is -0.382 e. The third-order valence-corrected chi connectivity index (χ3v) is 1.41. The van der Waals surface area contributed by atoms with Gasteiger partial charge in [-0.05, 0) is 6.92 Å². The van der Waals surface area contributed by atoms with E-state index in [1.807, 2.05) is 6.92 Å². The Kier molecular flexibility index (Phi) is 9.39. The van der Waals surface area contributed by atoms with E-state index >= 15 is 0 Å². The van der Waals surface area contributed by atoms with Crippen LogP contribution in [0.5, 0.6) is 0 Å². The molecule has 0 aliphatic carbocycles. The van der Waals surface area contributed by atoms with E-state index in [1.165, 1.54) is 0 Å². The van der Waals surface area contributed by atoms with Crippen molar-refractivity contribution in [2.45, 2.75) is 13.0 Å². The van der Waals surface area contributed by atoms with Crippen molar-refractivity contribution in [2.24, 2.45) is 0 Å². The molecule has 0 rings (SSSR count). The summed E-state index contributed by atoms with van der Waals surface area (Å²) in [7, 11) is 1.66. The molecule has 0 radical (unpaired) electrons. The van der Waals surface area contributed by atoms with Crippen molar-refractivity contribution in [2.75, 3.05) is 39.4 Å². The predicted octanol–water partition coefficient (Wildman–Crippen LogP) is 1.29. The van der Waals surface area contributed by atoms with Crippen LogP contribution in [0.4, 0.5) is 0 Å². The SMILES string of the molecule is COCC(C)OCCOCCCl. The molecule has 0 aliphatic rings. The lowest BCUT2D eigenvalue weighted by Gasteiger charge is -2.11. The molecular formula is C8H17ClO3. The Bertz CT molecular complexity index is 90.4. The maximum atomic E-state index is 5.41. The summed E-state index contributed by atoms with van der Waals surface area (Å²) in [6.45, 7) is 4.37. The van der Waals surface area contributed by atoms with Crippen LogP contribution in [-0.4, -0.2) is 45.5 Å². The Morgan fingerprint density at radius 1 is 1.25 bits per heavy atom. The lowest BCUT2D eigenvalue weighted by Crippen LogP contribution is -2.18. The van der Waals surface area contributed by atoms with Crippen LogP contribution in [0.3, 0.4) is 0 Å². The number of methoxy groups -OCH3 is 1. The molecule has 0 heterocycles. The number of hydrogen-bond donors (Lipinski definition) is 0. The van der Waals surface area contributed by atoms with Crippen molar-refractivity contribution >= 4 is 11.6 Å². The van der Waals surface area contributed by atoms with E-state index in [1.54, 1.807) is 7.11 Å². The van der Waals surface area contributed by atoms with Crippen molar-refractivity contribution < 1.29 is 14.2 Å². The van der Waals surface area contributed by atoms with E-state index in [4.69, 9.17) is 25.8 Å². The maximum Gasteiger partial charge on any atom is 0.0781 e. The van der Waals surface area contributed by atoms with E-state index in [2.05, 4.69) is 0 Å². The highest BCUT2D eigenvalue weighted by Crippen LogP contribution is 1.90. The molecule has 0 aromatic rings. The fourth-order valence-electron chi connectivity index (χ4n) is 0.748. The molecule has 4 heteroatoms. The largest absolute Gasteiger partial charge is 0.382 e. The summed E-state index contributed by atoms with van der Waals surface area (Å²) in [5.74, 6) is 0.535. The van der Waals surface area contributed by atoms with Gasteiger partial charge in [-0.3, -0.25) is 0 Å². The van der Waals surface area contributed by atoms with E-state index < -0.39 is 0 Å². The molecule has 0 N–H and O–H groups in total. The standard InChI is InChI=1S/C8H17ClO3/c1-8(7-10-2)12-6-5-11-4-3-9/h8H,3-7H2,1-2H3. The highest BCUT2D eigenvalue weighted by atomic mass is 35.5. The monoisotopic (exact) mass is 196 g/mol. The Labute approximate surface area is 78.9 Å². The molecule has 0 aromatic carbocycles. The zero-order chi connectivity index (χ0) is 9.23. The van der Waals surface area contributed by atoms with E-state index in [0.29, 0.717) is 32.3 Å². The van der Waals surface area contributed by atoms with Crippen molar-refractivity contribution in [3.05, 3.63) is 0 Å². The lowest BCUT2D eigenvalue weighted by molar-refractivity contribution is -0.0177.